The van der Waals surface area contributed by atoms with Crippen LogP contribution in [0.25, 0.3) is 0 Å². The second-order valence-electron chi connectivity index (χ2n) is 6.09. The molecule has 0 radical (unpaired) electrons. The van der Waals surface area contributed by atoms with Crippen LogP contribution in [0.5, 0.6) is 5.75 Å². The molecule has 0 fully saturated rings. The summed E-state index contributed by atoms with van der Waals surface area (Å²) in [6, 6.07) is 13.3. The summed E-state index contributed by atoms with van der Waals surface area (Å²) < 4.78 is 5.15. The minimum atomic E-state index is -0.461. The van der Waals surface area contributed by atoms with Crippen LogP contribution < -0.4 is 9.64 Å². The number of aryl methyl sites for hydroxylation is 1. The van der Waals surface area contributed by atoms with Crippen molar-refractivity contribution in [1.82, 2.24) is 4.90 Å². The molecule has 1 aliphatic heterocycles. The highest BCUT2D eigenvalue weighted by Gasteiger charge is 2.36. The molecule has 0 spiro atoms. The Morgan fingerprint density at radius 1 is 1.08 bits per heavy atom. The molecule has 1 aliphatic rings. The van der Waals surface area contributed by atoms with Crippen molar-refractivity contribution in [2.75, 3.05) is 25.7 Å². The molecule has 124 valence electrons. The van der Waals surface area contributed by atoms with E-state index in [4.69, 9.17) is 4.74 Å². The topological polar surface area (TPSA) is 49.9 Å². The van der Waals surface area contributed by atoms with E-state index >= 15 is 0 Å². The van der Waals surface area contributed by atoms with E-state index in [1.807, 2.05) is 55.3 Å². The van der Waals surface area contributed by atoms with E-state index in [9.17, 15) is 9.59 Å². The lowest BCUT2D eigenvalue weighted by molar-refractivity contribution is -0.114. The summed E-state index contributed by atoms with van der Waals surface area (Å²) in [6.07, 6.45) is 0. The number of carbonyl (C=O) groups is 2. The molecule has 0 saturated heterocycles. The van der Waals surface area contributed by atoms with Crippen LogP contribution in [0.15, 0.2) is 42.5 Å². The van der Waals surface area contributed by atoms with Crippen LogP contribution in [-0.4, -0.2) is 37.4 Å². The maximum Gasteiger partial charge on any atom is 0.300 e. The van der Waals surface area contributed by atoms with Crippen LogP contribution in [0.2, 0.25) is 0 Å². The van der Waals surface area contributed by atoms with Gasteiger partial charge in [-0.25, -0.2) is 0 Å². The maximum atomic E-state index is 12.3. The highest BCUT2D eigenvalue weighted by Crippen LogP contribution is 2.29. The van der Waals surface area contributed by atoms with E-state index in [1.165, 1.54) is 0 Å². The normalized spacial score (nSPS) is 13.6. The van der Waals surface area contributed by atoms with Gasteiger partial charge in [0.05, 0.1) is 25.0 Å². The third-order valence-electron chi connectivity index (χ3n) is 4.12. The van der Waals surface area contributed by atoms with Gasteiger partial charge in [0.2, 0.25) is 0 Å². The molecule has 0 atom stereocenters. The van der Waals surface area contributed by atoms with Crippen molar-refractivity contribution in [3.63, 3.8) is 0 Å². The summed E-state index contributed by atoms with van der Waals surface area (Å²) in [6.45, 7) is 2.95. The molecule has 0 aromatic heterocycles. The number of hydrogen-bond acceptors (Lipinski definition) is 4. The zero-order valence-electron chi connectivity index (χ0n) is 14.1. The standard InChI is InChI=1S/C19H20N2O3/c1-13-4-9-17-16(10-13)18(22)19(23)21(17)12-20(2)11-14-5-7-15(24-3)8-6-14/h4-10H,11-12H2,1-3H3. The van der Waals surface area contributed by atoms with Crippen LogP contribution in [0.3, 0.4) is 0 Å². The molecule has 3 rings (SSSR count). The maximum absolute atomic E-state index is 12.3. The van der Waals surface area contributed by atoms with Crippen LogP contribution in [0.1, 0.15) is 21.5 Å². The quantitative estimate of drug-likeness (QED) is 0.793. The molecule has 5 nitrogen and oxygen atoms in total. The van der Waals surface area contributed by atoms with E-state index in [2.05, 4.69) is 0 Å². The number of fused-ring (bicyclic) bond motifs is 1. The Hall–Kier alpha value is -2.66. The Kier molecular flexibility index (Phi) is 4.36. The lowest BCUT2D eigenvalue weighted by atomic mass is 10.1. The number of ether oxygens (including phenoxy) is 1. The molecular formula is C19H20N2O3. The predicted octanol–water partition coefficient (Wildman–Crippen LogP) is 2.62. The third kappa shape index (κ3) is 3.03. The summed E-state index contributed by atoms with van der Waals surface area (Å²) in [5, 5.41) is 0. The van der Waals surface area contributed by atoms with E-state index in [-0.39, 0.29) is 0 Å². The van der Waals surface area contributed by atoms with Crippen molar-refractivity contribution in [1.29, 1.82) is 0 Å². The fraction of sp³-hybridized carbons (Fsp3) is 0.263. The minimum absolute atomic E-state index is 0.368. The molecule has 2 aromatic rings. The fourth-order valence-electron chi connectivity index (χ4n) is 2.89. The van der Waals surface area contributed by atoms with Gasteiger partial charge in [0.15, 0.2) is 0 Å². The smallest absolute Gasteiger partial charge is 0.300 e. The number of amides is 1. The molecule has 1 heterocycles. The number of Topliss-reactive ketones (excluding diaryl/α,β-unsaturated/α-hetero) is 1. The Morgan fingerprint density at radius 3 is 2.46 bits per heavy atom. The first-order chi connectivity index (χ1) is 11.5. The van der Waals surface area contributed by atoms with Crippen molar-refractivity contribution in [2.24, 2.45) is 0 Å². The van der Waals surface area contributed by atoms with Gasteiger partial charge in [0, 0.05) is 6.54 Å². The second-order valence-corrected chi connectivity index (χ2v) is 6.09. The van der Waals surface area contributed by atoms with Crippen LogP contribution >= 0.6 is 0 Å². The van der Waals surface area contributed by atoms with Crippen molar-refractivity contribution < 1.29 is 14.3 Å². The first kappa shape index (κ1) is 16.2. The molecule has 0 aliphatic carbocycles. The number of carbonyl (C=O) groups excluding carboxylic acids is 2. The third-order valence-corrected chi connectivity index (χ3v) is 4.12. The average molecular weight is 324 g/mol. The molecule has 1 amide bonds. The predicted molar refractivity (Wildman–Crippen MR) is 92.3 cm³/mol. The van der Waals surface area contributed by atoms with Gasteiger partial charge in [-0.05, 0) is 43.8 Å². The van der Waals surface area contributed by atoms with E-state index in [1.54, 1.807) is 18.1 Å². The average Bonchev–Trinajstić information content (AvgIpc) is 2.80. The number of rotatable bonds is 5. The fourth-order valence-corrected chi connectivity index (χ4v) is 2.89. The summed E-state index contributed by atoms with van der Waals surface area (Å²) in [7, 11) is 3.56. The number of nitrogens with zero attached hydrogens (tertiary/aromatic N) is 2. The van der Waals surface area contributed by atoms with Crippen LogP contribution in [-0.2, 0) is 11.3 Å². The summed E-state index contributed by atoms with van der Waals surface area (Å²) >= 11 is 0. The van der Waals surface area contributed by atoms with Crippen molar-refractivity contribution in [3.05, 3.63) is 59.2 Å². The number of methoxy groups -OCH3 is 1. The first-order valence-corrected chi connectivity index (χ1v) is 7.78. The van der Waals surface area contributed by atoms with E-state index < -0.39 is 11.7 Å². The van der Waals surface area contributed by atoms with Gasteiger partial charge < -0.3 is 4.74 Å². The summed E-state index contributed by atoms with van der Waals surface area (Å²) in [5.74, 6) is -0.0743. The van der Waals surface area contributed by atoms with Gasteiger partial charge in [-0.3, -0.25) is 19.4 Å². The Bertz CT molecular complexity index is 784. The zero-order valence-corrected chi connectivity index (χ0v) is 14.1. The largest absolute Gasteiger partial charge is 0.497 e. The lowest BCUT2D eigenvalue weighted by Gasteiger charge is -2.24. The van der Waals surface area contributed by atoms with Gasteiger partial charge >= 0.3 is 5.91 Å². The number of anilines is 1. The molecule has 0 saturated carbocycles. The van der Waals surface area contributed by atoms with Gasteiger partial charge in [-0.15, -0.1) is 0 Å². The molecule has 24 heavy (non-hydrogen) atoms. The van der Waals surface area contributed by atoms with Gasteiger partial charge in [-0.1, -0.05) is 23.8 Å². The molecule has 5 heteroatoms. The van der Waals surface area contributed by atoms with E-state index in [0.717, 1.165) is 16.9 Å². The Labute approximate surface area is 141 Å². The molecular weight excluding hydrogens is 304 g/mol. The molecule has 0 unspecified atom stereocenters. The van der Waals surface area contributed by atoms with Crippen molar-refractivity contribution in [3.8, 4) is 5.75 Å². The lowest BCUT2D eigenvalue weighted by Crippen LogP contribution is -2.38. The van der Waals surface area contributed by atoms with Gasteiger partial charge in [0.1, 0.15) is 5.75 Å². The second kappa shape index (κ2) is 6.45. The Morgan fingerprint density at radius 2 is 1.79 bits per heavy atom. The summed E-state index contributed by atoms with van der Waals surface area (Å²) in [5.41, 5.74) is 3.28. The van der Waals surface area contributed by atoms with Crippen molar-refractivity contribution >= 4 is 17.4 Å². The van der Waals surface area contributed by atoms with Crippen LogP contribution in [0.4, 0.5) is 5.69 Å². The minimum Gasteiger partial charge on any atom is -0.497 e. The van der Waals surface area contributed by atoms with Crippen molar-refractivity contribution in [2.45, 2.75) is 13.5 Å². The zero-order chi connectivity index (χ0) is 17.3. The molecule has 2 aromatic carbocycles. The van der Waals surface area contributed by atoms with Crippen LogP contribution in [0, 0.1) is 6.92 Å². The van der Waals surface area contributed by atoms with Gasteiger partial charge in [0.25, 0.3) is 5.78 Å². The highest BCUT2D eigenvalue weighted by molar-refractivity contribution is 6.52. The summed E-state index contributed by atoms with van der Waals surface area (Å²) in [4.78, 5) is 28.0. The monoisotopic (exact) mass is 324 g/mol. The number of ketones is 1. The first-order valence-electron chi connectivity index (χ1n) is 7.78. The number of benzene rings is 2. The molecule has 0 bridgehead atoms. The Balaban J connectivity index is 1.73. The van der Waals surface area contributed by atoms with Gasteiger partial charge in [-0.2, -0.15) is 0 Å². The number of hydrogen-bond donors (Lipinski definition) is 0. The SMILES string of the molecule is COc1ccc(CN(C)CN2C(=O)C(=O)c3cc(C)ccc32)cc1. The molecule has 0 N–H and O–H groups in total. The van der Waals surface area contributed by atoms with E-state index in [0.29, 0.717) is 24.5 Å². The highest BCUT2D eigenvalue weighted by atomic mass is 16.5.